The molecule has 0 aliphatic heterocycles. The van der Waals surface area contributed by atoms with Crippen molar-refractivity contribution in [2.75, 3.05) is 7.11 Å². The van der Waals surface area contributed by atoms with Gasteiger partial charge in [0.15, 0.2) is 0 Å². The SMILES string of the molecule is COC12c3ccccc3C3C4C1C4(c1cccnc1)C32c1cccnc1. The van der Waals surface area contributed by atoms with Gasteiger partial charge in [0.1, 0.15) is 5.60 Å². The minimum atomic E-state index is -0.224. The van der Waals surface area contributed by atoms with E-state index in [2.05, 4.69) is 70.9 Å². The Morgan fingerprint density at radius 2 is 1.62 bits per heavy atom. The Morgan fingerprint density at radius 1 is 0.885 bits per heavy atom. The van der Waals surface area contributed by atoms with Crippen LogP contribution in [0.2, 0.25) is 0 Å². The molecule has 126 valence electrons. The summed E-state index contributed by atoms with van der Waals surface area (Å²) in [5.74, 6) is 1.72. The molecule has 2 aromatic heterocycles. The second-order valence-electron chi connectivity index (χ2n) is 8.17. The van der Waals surface area contributed by atoms with Gasteiger partial charge >= 0.3 is 0 Å². The second-order valence-corrected chi connectivity index (χ2v) is 8.17. The number of benzene rings is 1. The fourth-order valence-electron chi connectivity index (χ4n) is 7.83. The van der Waals surface area contributed by atoms with E-state index in [0.29, 0.717) is 17.8 Å². The number of hydrogen-bond acceptors (Lipinski definition) is 3. The molecule has 3 aromatic rings. The quantitative estimate of drug-likeness (QED) is 0.732. The topological polar surface area (TPSA) is 35.0 Å². The summed E-state index contributed by atoms with van der Waals surface area (Å²) in [4.78, 5) is 8.94. The highest BCUT2D eigenvalue weighted by Crippen LogP contribution is 3.05. The third-order valence-corrected chi connectivity index (χ3v) is 8.04. The molecule has 0 saturated heterocycles. The Balaban J connectivity index is 1.57. The maximum Gasteiger partial charge on any atom is 0.108 e. The molecule has 4 aliphatic carbocycles. The smallest absolute Gasteiger partial charge is 0.108 e. The van der Waals surface area contributed by atoms with Crippen molar-refractivity contribution in [3.63, 3.8) is 0 Å². The zero-order chi connectivity index (χ0) is 17.1. The summed E-state index contributed by atoms with van der Waals surface area (Å²) in [6, 6.07) is 17.6. The van der Waals surface area contributed by atoms with Gasteiger partial charge < -0.3 is 4.74 Å². The van der Waals surface area contributed by atoms with Crippen molar-refractivity contribution in [2.24, 2.45) is 11.8 Å². The van der Waals surface area contributed by atoms with Crippen LogP contribution in [0, 0.1) is 11.8 Å². The summed E-state index contributed by atoms with van der Waals surface area (Å²) < 4.78 is 6.46. The van der Waals surface area contributed by atoms with Crippen molar-refractivity contribution in [2.45, 2.75) is 22.3 Å². The van der Waals surface area contributed by atoms with Crippen molar-refractivity contribution in [1.82, 2.24) is 9.97 Å². The average Bonchev–Trinajstić information content (AvgIpc) is 3.06. The summed E-state index contributed by atoms with van der Waals surface area (Å²) in [5, 5.41) is 0. The molecule has 0 N–H and O–H groups in total. The number of hydrogen-bond donors (Lipinski definition) is 0. The van der Waals surface area contributed by atoms with Gasteiger partial charge in [-0.2, -0.15) is 0 Å². The summed E-state index contributed by atoms with van der Waals surface area (Å²) in [6.45, 7) is 0. The minimum Gasteiger partial charge on any atom is -0.372 e. The lowest BCUT2D eigenvalue weighted by Crippen LogP contribution is -2.70. The fourth-order valence-corrected chi connectivity index (χ4v) is 7.83. The van der Waals surface area contributed by atoms with Gasteiger partial charge in [-0.05, 0) is 40.3 Å². The second kappa shape index (κ2) is 3.91. The highest BCUT2D eigenvalue weighted by molar-refractivity contribution is 5.79. The zero-order valence-electron chi connectivity index (χ0n) is 14.5. The number of methoxy groups -OCH3 is 1. The molecule has 0 amide bonds. The Bertz CT molecular complexity index is 1070. The van der Waals surface area contributed by atoms with Crippen molar-refractivity contribution in [3.8, 4) is 0 Å². The van der Waals surface area contributed by atoms with Crippen LogP contribution in [-0.4, -0.2) is 17.1 Å². The van der Waals surface area contributed by atoms with Gasteiger partial charge in [-0.3, -0.25) is 9.97 Å². The van der Waals surface area contributed by atoms with Crippen LogP contribution in [0.5, 0.6) is 0 Å². The van der Waals surface area contributed by atoms with Crippen LogP contribution < -0.4 is 0 Å². The third-order valence-electron chi connectivity index (χ3n) is 8.04. The first-order chi connectivity index (χ1) is 12.9. The van der Waals surface area contributed by atoms with Crippen LogP contribution in [-0.2, 0) is 21.2 Å². The van der Waals surface area contributed by atoms with Crippen molar-refractivity contribution < 1.29 is 4.74 Å². The van der Waals surface area contributed by atoms with Crippen LogP contribution >= 0.6 is 0 Å². The lowest BCUT2D eigenvalue weighted by atomic mass is 9.39. The van der Waals surface area contributed by atoms with E-state index >= 15 is 0 Å². The van der Waals surface area contributed by atoms with Crippen molar-refractivity contribution in [3.05, 3.63) is 95.6 Å². The Kier molecular flexibility index (Phi) is 2.06. The number of fused-ring (bicyclic) bond motifs is 6. The molecule has 0 radical (unpaired) electrons. The third kappa shape index (κ3) is 0.948. The lowest BCUT2D eigenvalue weighted by molar-refractivity contribution is -0.174. The predicted octanol–water partition coefficient (Wildman–Crippen LogP) is 3.56. The van der Waals surface area contributed by atoms with Gasteiger partial charge in [-0.15, -0.1) is 0 Å². The summed E-state index contributed by atoms with van der Waals surface area (Å²) in [7, 11) is 1.90. The van der Waals surface area contributed by atoms with Crippen molar-refractivity contribution in [1.29, 1.82) is 0 Å². The van der Waals surface area contributed by atoms with Gasteiger partial charge in [-0.1, -0.05) is 36.4 Å². The van der Waals surface area contributed by atoms with E-state index in [9.17, 15) is 0 Å². The summed E-state index contributed by atoms with van der Waals surface area (Å²) >= 11 is 0. The highest BCUT2D eigenvalue weighted by atomic mass is 16.5. The number of nitrogens with zero attached hydrogens (tertiary/aromatic N) is 2. The molecule has 0 bridgehead atoms. The molecule has 3 nitrogen and oxygen atoms in total. The Morgan fingerprint density at radius 3 is 2.31 bits per heavy atom. The number of rotatable bonds is 3. The first kappa shape index (κ1) is 13.7. The van der Waals surface area contributed by atoms with Gasteiger partial charge in [-0.25, -0.2) is 0 Å². The molecule has 6 unspecified atom stereocenters. The number of ether oxygens (including phenoxy) is 1. The first-order valence-corrected chi connectivity index (χ1v) is 9.32. The normalized spacial score (nSPS) is 42.3. The minimum absolute atomic E-state index is 0.0505. The molecule has 3 heteroatoms. The average molecular weight is 338 g/mol. The number of pyridine rings is 2. The molecule has 26 heavy (non-hydrogen) atoms. The van der Waals surface area contributed by atoms with Crippen LogP contribution in [0.3, 0.4) is 0 Å². The standard InChI is InChI=1S/C23H18N2O/c1-26-23-17-9-3-2-8-16(17)18-19-20(23)21(19,14-6-4-10-24-12-14)22(18,23)15-7-5-11-25-13-15/h2-13,18-20H,1H3. The highest BCUT2D eigenvalue weighted by Gasteiger charge is 3.08. The van der Waals surface area contributed by atoms with E-state index in [1.807, 2.05) is 19.5 Å². The predicted molar refractivity (Wildman–Crippen MR) is 96.7 cm³/mol. The molecule has 6 atom stereocenters. The van der Waals surface area contributed by atoms with E-state index in [1.54, 1.807) is 0 Å². The molecule has 3 fully saturated rings. The van der Waals surface area contributed by atoms with Crippen LogP contribution in [0.25, 0.3) is 0 Å². The summed E-state index contributed by atoms with van der Waals surface area (Å²) in [5.41, 5.74) is 5.45. The molecule has 3 saturated carbocycles. The van der Waals surface area contributed by atoms with Crippen molar-refractivity contribution >= 4 is 0 Å². The first-order valence-electron chi connectivity index (χ1n) is 9.32. The molecule has 0 spiro atoms. The largest absolute Gasteiger partial charge is 0.372 e. The number of aromatic nitrogens is 2. The molecule has 7 rings (SSSR count). The van der Waals surface area contributed by atoms with Crippen LogP contribution in [0.1, 0.15) is 28.2 Å². The molecule has 1 aromatic carbocycles. The molecular weight excluding hydrogens is 320 g/mol. The zero-order valence-corrected chi connectivity index (χ0v) is 14.5. The molecule has 4 aliphatic rings. The Hall–Kier alpha value is -2.52. The summed E-state index contributed by atoms with van der Waals surface area (Å²) in [6.07, 6.45) is 7.87. The van der Waals surface area contributed by atoms with E-state index in [4.69, 9.17) is 4.74 Å². The van der Waals surface area contributed by atoms with Crippen LogP contribution in [0.4, 0.5) is 0 Å². The van der Waals surface area contributed by atoms with Crippen LogP contribution in [0.15, 0.2) is 73.3 Å². The van der Waals surface area contributed by atoms with E-state index in [1.165, 1.54) is 22.3 Å². The van der Waals surface area contributed by atoms with Gasteiger partial charge in [0, 0.05) is 54.6 Å². The molecular formula is C23H18N2O. The van der Waals surface area contributed by atoms with E-state index in [-0.39, 0.29) is 16.4 Å². The Labute approximate surface area is 152 Å². The lowest BCUT2D eigenvalue weighted by Gasteiger charge is -2.64. The van der Waals surface area contributed by atoms with Gasteiger partial charge in [0.05, 0.1) is 0 Å². The van der Waals surface area contributed by atoms with Gasteiger partial charge in [0.25, 0.3) is 0 Å². The maximum absolute atomic E-state index is 6.46. The fraction of sp³-hybridized carbons (Fsp3) is 0.304. The van der Waals surface area contributed by atoms with E-state index < -0.39 is 0 Å². The maximum atomic E-state index is 6.46. The van der Waals surface area contributed by atoms with E-state index in [0.717, 1.165) is 0 Å². The van der Waals surface area contributed by atoms with Gasteiger partial charge in [0.2, 0.25) is 0 Å². The monoisotopic (exact) mass is 338 g/mol. The molecule has 2 heterocycles.